The van der Waals surface area contributed by atoms with E-state index >= 15 is 0 Å². The van der Waals surface area contributed by atoms with Crippen LogP contribution in [0.25, 0.3) is 0 Å². The Kier molecular flexibility index (Phi) is 0.998. The van der Waals surface area contributed by atoms with Gasteiger partial charge in [-0.2, -0.15) is 0 Å². The Morgan fingerprint density at radius 2 is 2.42 bits per heavy atom. The molecule has 0 amide bonds. The van der Waals surface area contributed by atoms with E-state index in [1.165, 1.54) is 5.38 Å². The second-order valence-electron chi connectivity index (χ2n) is 1.82. The summed E-state index contributed by atoms with van der Waals surface area (Å²) < 4.78 is 66.1. The fraction of sp³-hybridized carbons (Fsp3) is 0.571. The Bertz CT molecular complexity index is 509. The van der Waals surface area contributed by atoms with E-state index in [0.29, 0.717) is 9.50 Å². The van der Waals surface area contributed by atoms with Gasteiger partial charge in [-0.3, -0.25) is 0 Å². The van der Waals surface area contributed by atoms with Gasteiger partial charge in [-0.05, 0) is 15.9 Å². The van der Waals surface area contributed by atoms with Crippen LogP contribution in [0.2, 0.25) is 0 Å². The number of hydrogen-bond donors (Lipinski definition) is 0. The van der Waals surface area contributed by atoms with E-state index in [-0.39, 0.29) is 5.13 Å². The highest BCUT2D eigenvalue weighted by Crippen LogP contribution is 2.23. The number of halogens is 1. The summed E-state index contributed by atoms with van der Waals surface area (Å²) in [5.74, 6) is 0. The highest BCUT2D eigenvalue weighted by molar-refractivity contribution is 9.10. The van der Waals surface area contributed by atoms with E-state index in [2.05, 4.69) is 25.7 Å². The molecule has 5 heteroatoms. The van der Waals surface area contributed by atoms with Crippen molar-refractivity contribution in [2.75, 3.05) is 31.0 Å². The third-order valence-corrected chi connectivity index (χ3v) is 2.61. The number of morpholine rings is 1. The second-order valence-corrected chi connectivity index (χ2v) is 3.47. The minimum atomic E-state index is -3.06. The molecule has 12 heavy (non-hydrogen) atoms. The molecule has 0 N–H and O–H groups in total. The van der Waals surface area contributed by atoms with Gasteiger partial charge in [-0.25, -0.2) is 4.98 Å². The van der Waals surface area contributed by atoms with Crippen molar-refractivity contribution in [1.82, 2.24) is 4.98 Å². The number of hydrogen-bond acceptors (Lipinski definition) is 4. The maximum Gasteiger partial charge on any atom is 0.186 e. The van der Waals surface area contributed by atoms with Gasteiger partial charge in [0.05, 0.1) is 24.1 Å². The lowest BCUT2D eigenvalue weighted by molar-refractivity contribution is 0.122. The molecule has 0 unspecified atom stereocenters. The molecule has 0 bridgehead atoms. The highest BCUT2D eigenvalue weighted by Gasteiger charge is 2.13. The smallest absolute Gasteiger partial charge is 0.186 e. The van der Waals surface area contributed by atoms with E-state index in [1.54, 1.807) is 0 Å². The molecule has 0 aliphatic carbocycles. The van der Waals surface area contributed by atoms with Crippen LogP contribution >= 0.6 is 27.3 Å². The van der Waals surface area contributed by atoms with Crippen LogP contribution in [0.1, 0.15) is 11.0 Å². The van der Waals surface area contributed by atoms with Crippen LogP contribution in [0.3, 0.4) is 0 Å². The summed E-state index contributed by atoms with van der Waals surface area (Å²) >= 11 is 3.90. The maximum atomic E-state index is 7.80. The van der Waals surface area contributed by atoms with Crippen molar-refractivity contribution in [3.05, 3.63) is 9.98 Å². The Labute approximate surface area is 94.7 Å². The van der Waals surface area contributed by atoms with E-state index in [0.717, 1.165) is 11.3 Å². The summed E-state index contributed by atoms with van der Waals surface area (Å²) in [5, 5.41) is 1.27. The molecule has 2 rings (SSSR count). The molecule has 1 aliphatic heterocycles. The molecule has 0 radical (unpaired) electrons. The van der Waals surface area contributed by atoms with Crippen LogP contribution in [0.4, 0.5) is 5.13 Å². The average Bonchev–Trinajstić information content (AvgIpc) is 2.60. The highest BCUT2D eigenvalue weighted by atomic mass is 79.9. The van der Waals surface area contributed by atoms with E-state index < -0.39 is 26.1 Å². The second kappa shape index (κ2) is 3.72. The van der Waals surface area contributed by atoms with Gasteiger partial charge in [-0.1, -0.05) is 0 Å². The zero-order valence-electron chi connectivity index (χ0n) is 13.7. The standard InChI is InChI=1S/C7H9BrN2OS/c8-6-5-12-7(9-6)10-1-3-11-4-2-10/h5H,1-4H2/i1D2,2D2,3D2,4D2. The van der Waals surface area contributed by atoms with Crippen molar-refractivity contribution in [3.63, 3.8) is 0 Å². The molecule has 1 saturated heterocycles. The molecule has 1 aliphatic rings. The van der Waals surface area contributed by atoms with Crippen molar-refractivity contribution in [1.29, 1.82) is 0 Å². The lowest BCUT2D eigenvalue weighted by atomic mass is 10.5. The zero-order chi connectivity index (χ0) is 15.6. The summed E-state index contributed by atoms with van der Waals surface area (Å²) in [7, 11) is 0. The Morgan fingerprint density at radius 3 is 3.00 bits per heavy atom. The van der Waals surface area contributed by atoms with Crippen LogP contribution < -0.4 is 4.90 Å². The van der Waals surface area contributed by atoms with Gasteiger partial charge < -0.3 is 9.64 Å². The zero-order valence-corrected chi connectivity index (χ0v) is 8.07. The number of nitrogens with zero attached hydrogens (tertiary/aromatic N) is 2. The summed E-state index contributed by atoms with van der Waals surface area (Å²) in [4.78, 5) is 4.20. The van der Waals surface area contributed by atoms with Gasteiger partial charge >= 0.3 is 0 Å². The van der Waals surface area contributed by atoms with Crippen molar-refractivity contribution in [2.45, 2.75) is 0 Å². The number of ether oxygens (including phenoxy) is 1. The summed E-state index contributed by atoms with van der Waals surface area (Å²) in [6.07, 6.45) is 0. The van der Waals surface area contributed by atoms with Crippen molar-refractivity contribution >= 4 is 32.4 Å². The third kappa shape index (κ3) is 1.78. The van der Waals surface area contributed by atoms with Gasteiger partial charge in [0.2, 0.25) is 0 Å². The molecule has 2 heterocycles. The van der Waals surface area contributed by atoms with Gasteiger partial charge in [0.15, 0.2) is 5.13 Å². The maximum absolute atomic E-state index is 7.80. The molecule has 0 saturated carbocycles. The molecule has 1 aromatic rings. The van der Waals surface area contributed by atoms with Gasteiger partial charge in [0, 0.05) is 18.4 Å². The first-order valence-electron chi connectivity index (χ1n) is 6.94. The molecular formula is C7H9BrN2OS. The molecule has 0 aromatic carbocycles. The van der Waals surface area contributed by atoms with Gasteiger partial charge in [-0.15, -0.1) is 11.3 Å². The van der Waals surface area contributed by atoms with Gasteiger partial charge in [0.1, 0.15) is 4.60 Å². The first kappa shape index (κ1) is 3.22. The quantitative estimate of drug-likeness (QED) is 0.766. The predicted molar refractivity (Wildman–Crippen MR) is 52.8 cm³/mol. The largest absolute Gasteiger partial charge is 0.378 e. The first-order chi connectivity index (χ1) is 8.83. The summed E-state index contributed by atoms with van der Waals surface area (Å²) in [5.41, 5.74) is 0. The molecule has 0 spiro atoms. The minimum absolute atomic E-state index is 0.192. The van der Waals surface area contributed by atoms with Crippen molar-refractivity contribution in [3.8, 4) is 0 Å². The van der Waals surface area contributed by atoms with Crippen LogP contribution in [-0.2, 0) is 4.74 Å². The topological polar surface area (TPSA) is 25.4 Å². The molecule has 0 atom stereocenters. The average molecular weight is 257 g/mol. The lowest BCUT2D eigenvalue weighted by Crippen LogP contribution is -2.36. The van der Waals surface area contributed by atoms with Crippen LogP contribution in [0.5, 0.6) is 0 Å². The fourth-order valence-corrected chi connectivity index (χ4v) is 1.80. The Morgan fingerprint density at radius 1 is 1.67 bits per heavy atom. The number of anilines is 1. The molecule has 1 aromatic heterocycles. The van der Waals surface area contributed by atoms with Crippen LogP contribution in [0.15, 0.2) is 9.98 Å². The predicted octanol–water partition coefficient (Wildman–Crippen LogP) is 1.74. The van der Waals surface area contributed by atoms with E-state index in [1.807, 2.05) is 0 Å². The Balaban J connectivity index is 2.64. The number of rotatable bonds is 1. The molecular weight excluding hydrogens is 240 g/mol. The first-order valence-corrected chi connectivity index (χ1v) is 4.62. The van der Waals surface area contributed by atoms with Crippen LogP contribution in [-0.4, -0.2) is 31.1 Å². The Hall–Kier alpha value is -0.130. The van der Waals surface area contributed by atoms with Crippen molar-refractivity contribution in [2.24, 2.45) is 0 Å². The molecule has 1 fully saturated rings. The van der Waals surface area contributed by atoms with E-state index in [4.69, 9.17) is 11.0 Å². The normalized spacial score (nSPS) is 44.9. The number of thiazole rings is 1. The minimum Gasteiger partial charge on any atom is -0.378 e. The molecule has 3 nitrogen and oxygen atoms in total. The van der Waals surface area contributed by atoms with E-state index in [9.17, 15) is 0 Å². The fourth-order valence-electron chi connectivity index (χ4n) is 0.634. The monoisotopic (exact) mass is 256 g/mol. The lowest BCUT2D eigenvalue weighted by Gasteiger charge is -2.25. The SMILES string of the molecule is [2H]C1([2H])OC([2H])([2H])C([2H])([2H])N(c2nc(Br)cs2)C1([2H])[2H]. The summed E-state index contributed by atoms with van der Waals surface area (Å²) in [6.45, 7) is -12.0. The van der Waals surface area contributed by atoms with Gasteiger partial charge in [0.25, 0.3) is 0 Å². The van der Waals surface area contributed by atoms with Crippen molar-refractivity contribution < 1.29 is 15.7 Å². The summed E-state index contributed by atoms with van der Waals surface area (Å²) in [6, 6.07) is 0. The third-order valence-electron chi connectivity index (χ3n) is 1.07. The molecule has 66 valence electrons. The number of aromatic nitrogens is 1. The van der Waals surface area contributed by atoms with Crippen LogP contribution in [0, 0.1) is 0 Å².